The molecule has 0 bridgehead atoms. The van der Waals surface area contributed by atoms with E-state index in [1.165, 1.54) is 0 Å². The van der Waals surface area contributed by atoms with Gasteiger partial charge in [-0.1, -0.05) is 133 Å². The fourth-order valence-electron chi connectivity index (χ4n) is 6.53. The number of hydrogen-bond acceptors (Lipinski definition) is 2. The highest BCUT2D eigenvalue weighted by molar-refractivity contribution is 6.66. The number of hydrogen-bond donors (Lipinski definition) is 0. The molecule has 0 atom stereocenters. The monoisotopic (exact) mass is 562 g/mol. The lowest BCUT2D eigenvalue weighted by Gasteiger charge is -2.21. The number of benzene rings is 7. The summed E-state index contributed by atoms with van der Waals surface area (Å²) in [6.45, 7) is 0. The third-order valence-electron chi connectivity index (χ3n) is 8.61. The molecular weight excluding hydrogens is 536 g/mol. The van der Waals surface area contributed by atoms with Gasteiger partial charge in [-0.25, -0.2) is 0 Å². The second-order valence-corrected chi connectivity index (χ2v) is 11.2. The van der Waals surface area contributed by atoms with Gasteiger partial charge in [0, 0.05) is 11.1 Å². The summed E-state index contributed by atoms with van der Waals surface area (Å²) in [6, 6.07) is 52.7. The van der Waals surface area contributed by atoms with E-state index in [9.17, 15) is 9.59 Å². The highest BCUT2D eigenvalue weighted by Crippen LogP contribution is 2.37. The number of ketones is 2. The predicted molar refractivity (Wildman–Crippen MR) is 179 cm³/mol. The van der Waals surface area contributed by atoms with E-state index in [0.29, 0.717) is 11.1 Å². The maximum absolute atomic E-state index is 14.5. The SMILES string of the molecule is O=C1C(=O)C(c2cc3ccccc3cc2-c2ccccc2)=c2ccccc2=C1c1cc2ccccc2cc1-c1ccccc1. The van der Waals surface area contributed by atoms with Gasteiger partial charge in [-0.2, -0.15) is 0 Å². The molecule has 0 saturated carbocycles. The van der Waals surface area contributed by atoms with Crippen LogP contribution in [0.5, 0.6) is 0 Å². The molecule has 44 heavy (non-hydrogen) atoms. The first-order chi connectivity index (χ1) is 21.7. The highest BCUT2D eigenvalue weighted by Gasteiger charge is 2.32. The predicted octanol–water partition coefficient (Wildman–Crippen LogP) is 7.88. The number of carbonyl (C=O) groups is 2. The van der Waals surface area contributed by atoms with Crippen molar-refractivity contribution in [3.05, 3.63) is 179 Å². The standard InChI is InChI=1S/C42H26O2/c43-41-39(37-25-31-19-9-7-17-29(31)23-35(37)27-13-3-1-4-14-27)33-21-11-12-22-34(33)40(42(41)44)38-26-32-20-10-8-18-30(32)24-36(38)28-15-5-2-6-16-28/h1-26H. The van der Waals surface area contributed by atoms with Gasteiger partial charge in [-0.15, -0.1) is 0 Å². The van der Waals surface area contributed by atoms with Crippen molar-refractivity contribution in [2.75, 3.05) is 0 Å². The molecule has 1 aliphatic carbocycles. The maximum Gasteiger partial charge on any atom is 0.234 e. The zero-order valence-corrected chi connectivity index (χ0v) is 23.8. The van der Waals surface area contributed by atoms with Gasteiger partial charge in [0.1, 0.15) is 0 Å². The third-order valence-corrected chi connectivity index (χ3v) is 8.61. The zero-order chi connectivity index (χ0) is 29.6. The Labute approximate surface area is 254 Å². The summed E-state index contributed by atoms with van der Waals surface area (Å²) in [4.78, 5) is 29.0. The summed E-state index contributed by atoms with van der Waals surface area (Å²) in [5.74, 6) is -0.975. The molecule has 1 aliphatic rings. The van der Waals surface area contributed by atoms with Crippen molar-refractivity contribution in [3.63, 3.8) is 0 Å². The highest BCUT2D eigenvalue weighted by atomic mass is 16.2. The molecule has 2 nitrogen and oxygen atoms in total. The van der Waals surface area contributed by atoms with Crippen molar-refractivity contribution in [1.82, 2.24) is 0 Å². The summed E-state index contributed by atoms with van der Waals surface area (Å²) in [5.41, 5.74) is 6.26. The van der Waals surface area contributed by atoms with E-state index >= 15 is 0 Å². The number of carbonyl (C=O) groups excluding carboxylic acids is 2. The Morgan fingerprint density at radius 1 is 0.295 bits per heavy atom. The first-order valence-electron chi connectivity index (χ1n) is 14.8. The van der Waals surface area contributed by atoms with Crippen LogP contribution in [0, 0.1) is 0 Å². The van der Waals surface area contributed by atoms with E-state index < -0.39 is 11.6 Å². The molecule has 2 heteroatoms. The molecule has 0 unspecified atom stereocenters. The second-order valence-electron chi connectivity index (χ2n) is 11.2. The molecule has 0 aliphatic heterocycles. The van der Waals surface area contributed by atoms with E-state index in [-0.39, 0.29) is 0 Å². The van der Waals surface area contributed by atoms with Gasteiger partial charge in [-0.3, -0.25) is 9.59 Å². The van der Waals surface area contributed by atoms with Crippen molar-refractivity contribution in [1.29, 1.82) is 0 Å². The molecule has 206 valence electrons. The maximum atomic E-state index is 14.5. The smallest absolute Gasteiger partial charge is 0.234 e. The lowest BCUT2D eigenvalue weighted by molar-refractivity contribution is -0.129. The van der Waals surface area contributed by atoms with Crippen molar-refractivity contribution in [2.24, 2.45) is 0 Å². The van der Waals surface area contributed by atoms with Crippen LogP contribution in [-0.2, 0) is 9.59 Å². The molecule has 0 saturated heterocycles. The molecular formula is C42H26O2. The fourth-order valence-corrected chi connectivity index (χ4v) is 6.53. The number of fused-ring (bicyclic) bond motifs is 3. The van der Waals surface area contributed by atoms with Crippen molar-refractivity contribution in [2.45, 2.75) is 0 Å². The van der Waals surface area contributed by atoms with Crippen LogP contribution < -0.4 is 10.4 Å². The molecule has 7 aromatic carbocycles. The summed E-state index contributed by atoms with van der Waals surface area (Å²) < 4.78 is 0. The molecule has 0 fully saturated rings. The van der Waals surface area contributed by atoms with Crippen molar-refractivity contribution < 1.29 is 9.59 Å². The normalized spacial score (nSPS) is 13.0. The molecule has 0 amide bonds. The van der Waals surface area contributed by atoms with Crippen LogP contribution >= 0.6 is 0 Å². The molecule has 0 aromatic heterocycles. The first-order valence-corrected chi connectivity index (χ1v) is 14.8. The fraction of sp³-hybridized carbons (Fsp3) is 0. The van der Waals surface area contributed by atoms with Crippen LogP contribution in [0.4, 0.5) is 0 Å². The molecule has 8 rings (SSSR count). The molecule has 0 spiro atoms. The minimum Gasteiger partial charge on any atom is -0.285 e. The quantitative estimate of drug-likeness (QED) is 0.205. The average Bonchev–Trinajstić information content (AvgIpc) is 3.09. The second kappa shape index (κ2) is 10.4. The van der Waals surface area contributed by atoms with E-state index in [0.717, 1.165) is 65.4 Å². The van der Waals surface area contributed by atoms with Crippen molar-refractivity contribution >= 4 is 44.3 Å². The Morgan fingerprint density at radius 2 is 0.591 bits per heavy atom. The van der Waals surface area contributed by atoms with Crippen LogP contribution in [0.1, 0.15) is 11.1 Å². The summed E-state index contributed by atoms with van der Waals surface area (Å²) in [7, 11) is 0. The summed E-state index contributed by atoms with van der Waals surface area (Å²) in [6.07, 6.45) is 0. The third kappa shape index (κ3) is 4.20. The summed E-state index contributed by atoms with van der Waals surface area (Å²) in [5, 5.41) is 5.73. The Balaban J connectivity index is 1.51. The van der Waals surface area contributed by atoms with Crippen LogP contribution in [-0.4, -0.2) is 11.6 Å². The van der Waals surface area contributed by atoms with Gasteiger partial charge in [0.25, 0.3) is 0 Å². The first kappa shape index (κ1) is 25.8. The van der Waals surface area contributed by atoms with E-state index in [4.69, 9.17) is 0 Å². The van der Waals surface area contributed by atoms with E-state index in [2.05, 4.69) is 36.4 Å². The Bertz CT molecular complexity index is 2230. The molecule has 7 aromatic rings. The van der Waals surface area contributed by atoms with Crippen LogP contribution in [0.25, 0.3) is 54.9 Å². The van der Waals surface area contributed by atoms with Crippen LogP contribution in [0.15, 0.2) is 158 Å². The van der Waals surface area contributed by atoms with Gasteiger partial charge in [0.05, 0.1) is 0 Å². The zero-order valence-electron chi connectivity index (χ0n) is 23.8. The topological polar surface area (TPSA) is 34.1 Å². The van der Waals surface area contributed by atoms with Crippen LogP contribution in [0.3, 0.4) is 0 Å². The van der Waals surface area contributed by atoms with E-state index in [1.54, 1.807) is 0 Å². The summed E-state index contributed by atoms with van der Waals surface area (Å²) >= 11 is 0. The minimum atomic E-state index is -0.488. The lowest BCUT2D eigenvalue weighted by Crippen LogP contribution is -2.41. The molecule has 0 radical (unpaired) electrons. The van der Waals surface area contributed by atoms with Gasteiger partial charge in [0.2, 0.25) is 11.6 Å². The Morgan fingerprint density at radius 3 is 0.955 bits per heavy atom. The van der Waals surface area contributed by atoms with Crippen molar-refractivity contribution in [3.8, 4) is 22.3 Å². The Kier molecular flexibility index (Phi) is 6.13. The lowest BCUT2D eigenvalue weighted by atomic mass is 9.80. The average molecular weight is 563 g/mol. The molecule has 0 heterocycles. The van der Waals surface area contributed by atoms with E-state index in [1.807, 2.05) is 121 Å². The van der Waals surface area contributed by atoms with Gasteiger partial charge < -0.3 is 0 Å². The van der Waals surface area contributed by atoms with Gasteiger partial charge in [0.15, 0.2) is 0 Å². The minimum absolute atomic E-state index is 0.445. The number of Topliss-reactive ketones (excluding diaryl/α,β-unsaturated/α-hetero) is 2. The molecule has 0 N–H and O–H groups in total. The number of rotatable bonds is 4. The van der Waals surface area contributed by atoms with Crippen LogP contribution in [0.2, 0.25) is 0 Å². The largest absolute Gasteiger partial charge is 0.285 e. The van der Waals surface area contributed by atoms with Gasteiger partial charge >= 0.3 is 0 Å². The van der Waals surface area contributed by atoms with Gasteiger partial charge in [-0.05, 0) is 89.6 Å². The Hall–Kier alpha value is -5.86.